The molecule has 2 N–H and O–H groups in total. The molecule has 3 rings (SSSR count). The lowest BCUT2D eigenvalue weighted by Gasteiger charge is -2.25. The molecule has 2 aliphatic rings. The van der Waals surface area contributed by atoms with Crippen LogP contribution in [-0.4, -0.2) is 51.4 Å². The molecule has 1 unspecified atom stereocenters. The van der Waals surface area contributed by atoms with E-state index in [1.807, 2.05) is 0 Å². The molecule has 1 aromatic rings. The fraction of sp³-hybridized carbons (Fsp3) is 0.722. The van der Waals surface area contributed by atoms with Crippen molar-refractivity contribution < 1.29 is 13.2 Å². The van der Waals surface area contributed by atoms with Crippen molar-refractivity contribution >= 4 is 27.3 Å². The molecule has 6 nitrogen and oxygen atoms in total. The Balaban J connectivity index is 1.47. The number of thiophene rings is 1. The van der Waals surface area contributed by atoms with Crippen LogP contribution in [0, 0.1) is 5.92 Å². The van der Waals surface area contributed by atoms with E-state index in [4.69, 9.17) is 0 Å². The van der Waals surface area contributed by atoms with E-state index < -0.39 is 10.0 Å². The molecule has 0 aliphatic carbocycles. The predicted octanol–water partition coefficient (Wildman–Crippen LogP) is 1.97. The molecule has 8 heteroatoms. The van der Waals surface area contributed by atoms with Crippen molar-refractivity contribution in [2.45, 2.75) is 49.2 Å². The molecule has 3 heterocycles. The van der Waals surface area contributed by atoms with Gasteiger partial charge in [0.2, 0.25) is 5.91 Å². The van der Waals surface area contributed by atoms with Gasteiger partial charge in [0.1, 0.15) is 4.21 Å². The molecule has 26 heavy (non-hydrogen) atoms. The van der Waals surface area contributed by atoms with Gasteiger partial charge in [-0.15, -0.1) is 11.3 Å². The van der Waals surface area contributed by atoms with Gasteiger partial charge in [0.15, 0.2) is 0 Å². The SMILES string of the molecule is O=C(Cc1ccc(S(=O)(=O)N2CCCCC2)s1)NCCC1CCCNC1. The van der Waals surface area contributed by atoms with Crippen LogP contribution in [0.15, 0.2) is 16.3 Å². The largest absolute Gasteiger partial charge is 0.356 e. The molecular formula is C18H29N3O3S2. The summed E-state index contributed by atoms with van der Waals surface area (Å²) in [6.07, 6.45) is 6.64. The zero-order chi connectivity index (χ0) is 18.4. The molecule has 0 aromatic carbocycles. The van der Waals surface area contributed by atoms with Crippen LogP contribution >= 0.6 is 11.3 Å². The van der Waals surface area contributed by atoms with Crippen molar-refractivity contribution in [3.8, 4) is 0 Å². The van der Waals surface area contributed by atoms with Crippen molar-refractivity contribution in [1.29, 1.82) is 0 Å². The first-order valence-electron chi connectivity index (χ1n) is 9.62. The Hall–Kier alpha value is -0.960. The number of nitrogens with one attached hydrogen (secondary N) is 2. The summed E-state index contributed by atoms with van der Waals surface area (Å²) >= 11 is 1.22. The Kier molecular flexibility index (Phi) is 7.08. The fourth-order valence-electron chi connectivity index (χ4n) is 3.63. The lowest BCUT2D eigenvalue weighted by Crippen LogP contribution is -2.35. The summed E-state index contributed by atoms with van der Waals surface area (Å²) in [6.45, 7) is 4.04. The molecule has 1 atom stereocenters. The summed E-state index contributed by atoms with van der Waals surface area (Å²) in [4.78, 5) is 12.9. The van der Waals surface area contributed by atoms with Gasteiger partial charge in [-0.25, -0.2) is 8.42 Å². The number of amides is 1. The van der Waals surface area contributed by atoms with Crippen molar-refractivity contribution in [2.75, 3.05) is 32.7 Å². The third kappa shape index (κ3) is 5.28. The Bertz CT molecular complexity index is 690. The maximum absolute atomic E-state index is 12.7. The highest BCUT2D eigenvalue weighted by atomic mass is 32.2. The third-order valence-electron chi connectivity index (χ3n) is 5.15. The van der Waals surface area contributed by atoms with Gasteiger partial charge in [-0.2, -0.15) is 4.31 Å². The van der Waals surface area contributed by atoms with Crippen LogP contribution in [0.25, 0.3) is 0 Å². The number of hydrogen-bond acceptors (Lipinski definition) is 5. The molecule has 0 bridgehead atoms. The Morgan fingerprint density at radius 1 is 1.23 bits per heavy atom. The number of hydrogen-bond donors (Lipinski definition) is 2. The van der Waals surface area contributed by atoms with Crippen LogP contribution in [0.2, 0.25) is 0 Å². The molecule has 0 saturated carbocycles. The third-order valence-corrected chi connectivity index (χ3v) is 8.61. The number of piperidine rings is 2. The summed E-state index contributed by atoms with van der Waals surface area (Å²) in [7, 11) is -3.40. The van der Waals surface area contributed by atoms with Crippen LogP contribution < -0.4 is 10.6 Å². The van der Waals surface area contributed by atoms with Crippen LogP contribution in [0.3, 0.4) is 0 Å². The van der Waals surface area contributed by atoms with Gasteiger partial charge >= 0.3 is 0 Å². The molecule has 146 valence electrons. The lowest BCUT2D eigenvalue weighted by molar-refractivity contribution is -0.120. The maximum atomic E-state index is 12.7. The van der Waals surface area contributed by atoms with Gasteiger partial charge in [0, 0.05) is 24.5 Å². The highest BCUT2D eigenvalue weighted by molar-refractivity contribution is 7.91. The van der Waals surface area contributed by atoms with E-state index in [1.165, 1.54) is 24.2 Å². The predicted molar refractivity (Wildman–Crippen MR) is 104 cm³/mol. The van der Waals surface area contributed by atoms with Crippen LogP contribution in [-0.2, 0) is 21.2 Å². The Morgan fingerprint density at radius 3 is 2.77 bits per heavy atom. The average molecular weight is 400 g/mol. The van der Waals surface area contributed by atoms with E-state index in [1.54, 1.807) is 16.4 Å². The monoisotopic (exact) mass is 399 g/mol. The van der Waals surface area contributed by atoms with Crippen molar-refractivity contribution in [3.63, 3.8) is 0 Å². The first kappa shape index (κ1) is 19.8. The average Bonchev–Trinajstić information content (AvgIpc) is 3.12. The van der Waals surface area contributed by atoms with Crippen LogP contribution in [0.4, 0.5) is 0 Å². The first-order chi connectivity index (χ1) is 12.6. The van der Waals surface area contributed by atoms with Gasteiger partial charge in [-0.05, 0) is 63.2 Å². The van der Waals surface area contributed by atoms with Crippen molar-refractivity contribution in [1.82, 2.24) is 14.9 Å². The van der Waals surface area contributed by atoms with E-state index in [0.717, 1.165) is 43.6 Å². The van der Waals surface area contributed by atoms with Gasteiger partial charge < -0.3 is 10.6 Å². The van der Waals surface area contributed by atoms with E-state index >= 15 is 0 Å². The van der Waals surface area contributed by atoms with E-state index in [9.17, 15) is 13.2 Å². The molecule has 2 aliphatic heterocycles. The second kappa shape index (κ2) is 9.30. The molecule has 1 aromatic heterocycles. The fourth-order valence-corrected chi connectivity index (χ4v) is 6.66. The van der Waals surface area contributed by atoms with Crippen molar-refractivity contribution in [2.24, 2.45) is 5.92 Å². The number of carbonyl (C=O) groups is 1. The summed E-state index contributed by atoms with van der Waals surface area (Å²) in [6, 6.07) is 3.41. The zero-order valence-electron chi connectivity index (χ0n) is 15.2. The molecule has 1 amide bonds. The second-order valence-corrected chi connectivity index (χ2v) is 10.5. The maximum Gasteiger partial charge on any atom is 0.252 e. The minimum absolute atomic E-state index is 0.0301. The summed E-state index contributed by atoms with van der Waals surface area (Å²) in [5, 5.41) is 6.35. The lowest BCUT2D eigenvalue weighted by atomic mass is 9.96. The van der Waals surface area contributed by atoms with Gasteiger partial charge in [0.05, 0.1) is 6.42 Å². The smallest absolute Gasteiger partial charge is 0.252 e. The van der Waals surface area contributed by atoms with Crippen molar-refractivity contribution in [3.05, 3.63) is 17.0 Å². The standard InChI is InChI=1S/C18H29N3O3S2/c22-17(20-10-8-15-5-4-9-19-14-15)13-16-6-7-18(25-16)26(23,24)21-11-2-1-3-12-21/h6-7,15,19H,1-5,8-14H2,(H,20,22). The Morgan fingerprint density at radius 2 is 2.04 bits per heavy atom. The molecule has 2 saturated heterocycles. The van der Waals surface area contributed by atoms with E-state index in [2.05, 4.69) is 10.6 Å². The number of sulfonamides is 1. The number of rotatable bonds is 7. The normalized spacial score (nSPS) is 22.2. The van der Waals surface area contributed by atoms with Gasteiger partial charge in [-0.1, -0.05) is 6.42 Å². The Labute approximate surface area is 160 Å². The number of nitrogens with zero attached hydrogens (tertiary/aromatic N) is 1. The first-order valence-corrected chi connectivity index (χ1v) is 11.9. The number of carbonyl (C=O) groups excluding carboxylic acids is 1. The van der Waals surface area contributed by atoms with E-state index in [-0.39, 0.29) is 12.3 Å². The summed E-state index contributed by atoms with van der Waals surface area (Å²) in [5.74, 6) is 0.615. The molecule has 2 fully saturated rings. The van der Waals surface area contributed by atoms with Gasteiger partial charge in [-0.3, -0.25) is 4.79 Å². The molecule has 0 spiro atoms. The minimum Gasteiger partial charge on any atom is -0.356 e. The van der Waals surface area contributed by atoms with E-state index in [0.29, 0.717) is 29.8 Å². The summed E-state index contributed by atoms with van der Waals surface area (Å²) < 4.78 is 27.3. The molecule has 0 radical (unpaired) electrons. The highest BCUT2D eigenvalue weighted by Crippen LogP contribution is 2.27. The summed E-state index contributed by atoms with van der Waals surface area (Å²) in [5.41, 5.74) is 0. The second-order valence-electron chi connectivity index (χ2n) is 7.21. The molecular weight excluding hydrogens is 370 g/mol. The topological polar surface area (TPSA) is 78.5 Å². The quantitative estimate of drug-likeness (QED) is 0.735. The van der Waals surface area contributed by atoms with Gasteiger partial charge in [0.25, 0.3) is 10.0 Å². The zero-order valence-corrected chi connectivity index (χ0v) is 16.8. The highest BCUT2D eigenvalue weighted by Gasteiger charge is 2.27. The van der Waals surface area contributed by atoms with Crippen LogP contribution in [0.5, 0.6) is 0 Å². The minimum atomic E-state index is -3.40. The van der Waals surface area contributed by atoms with Crippen LogP contribution in [0.1, 0.15) is 43.4 Å².